The van der Waals surface area contributed by atoms with E-state index >= 15 is 0 Å². The summed E-state index contributed by atoms with van der Waals surface area (Å²) in [6, 6.07) is 5.65. The molecule has 1 N–H and O–H groups in total. The Morgan fingerprint density at radius 1 is 1.53 bits per heavy atom. The monoisotopic (exact) mass is 248 g/mol. The zero-order chi connectivity index (χ0) is 12.3. The van der Waals surface area contributed by atoms with Crippen LogP contribution < -0.4 is 0 Å². The molecular weight excluding hydrogens is 236 g/mol. The van der Waals surface area contributed by atoms with E-state index in [-0.39, 0.29) is 0 Å². The van der Waals surface area contributed by atoms with Gasteiger partial charge in [0.25, 0.3) is 0 Å². The lowest BCUT2D eigenvalue weighted by molar-refractivity contribution is -0.141. The lowest BCUT2D eigenvalue weighted by atomic mass is 10.1. The molecule has 0 aromatic carbocycles. The van der Waals surface area contributed by atoms with Crippen LogP contribution in [0.2, 0.25) is 0 Å². The summed E-state index contributed by atoms with van der Waals surface area (Å²) in [6.07, 6.45) is 2.18. The third kappa shape index (κ3) is 2.88. The first-order chi connectivity index (χ1) is 8.16. The van der Waals surface area contributed by atoms with Crippen LogP contribution in [-0.4, -0.2) is 21.0 Å². The van der Waals surface area contributed by atoms with Gasteiger partial charge in [0, 0.05) is 18.0 Å². The Bertz CT molecular complexity index is 510. The second kappa shape index (κ2) is 5.05. The average molecular weight is 248 g/mol. The number of aromatic nitrogens is 2. The SMILES string of the molecule is CC(Cc1csc(-c2ccccn2)n1)C(=O)O. The molecule has 0 fully saturated rings. The quantitative estimate of drug-likeness (QED) is 0.902. The zero-order valence-corrected chi connectivity index (χ0v) is 10.1. The van der Waals surface area contributed by atoms with Gasteiger partial charge in [-0.05, 0) is 12.1 Å². The van der Waals surface area contributed by atoms with Crippen LogP contribution in [0.5, 0.6) is 0 Å². The van der Waals surface area contributed by atoms with Gasteiger partial charge in [0.15, 0.2) is 0 Å². The van der Waals surface area contributed by atoms with Crippen molar-refractivity contribution in [2.45, 2.75) is 13.3 Å². The maximum absolute atomic E-state index is 10.7. The van der Waals surface area contributed by atoms with Crippen LogP contribution in [0.1, 0.15) is 12.6 Å². The van der Waals surface area contributed by atoms with E-state index in [1.807, 2.05) is 23.6 Å². The van der Waals surface area contributed by atoms with Crippen molar-refractivity contribution >= 4 is 17.3 Å². The highest BCUT2D eigenvalue weighted by Gasteiger charge is 2.14. The van der Waals surface area contributed by atoms with Gasteiger partial charge in [-0.25, -0.2) is 4.98 Å². The third-order valence-electron chi connectivity index (χ3n) is 2.37. The number of hydrogen-bond acceptors (Lipinski definition) is 4. The summed E-state index contributed by atoms with van der Waals surface area (Å²) in [5.74, 6) is -1.20. The molecule has 2 rings (SSSR count). The van der Waals surface area contributed by atoms with E-state index in [1.165, 1.54) is 11.3 Å². The molecule has 4 nitrogen and oxygen atoms in total. The Hall–Kier alpha value is -1.75. The Kier molecular flexibility index (Phi) is 3.49. The van der Waals surface area contributed by atoms with Gasteiger partial charge < -0.3 is 5.11 Å². The minimum atomic E-state index is -0.794. The summed E-state index contributed by atoms with van der Waals surface area (Å²) in [5, 5.41) is 11.6. The second-order valence-corrected chi connectivity index (χ2v) is 4.66. The number of thiazole rings is 1. The Labute approximate surface area is 103 Å². The summed E-state index contributed by atoms with van der Waals surface area (Å²) < 4.78 is 0. The number of carbonyl (C=O) groups is 1. The smallest absolute Gasteiger partial charge is 0.306 e. The summed E-state index contributed by atoms with van der Waals surface area (Å²) in [4.78, 5) is 19.3. The largest absolute Gasteiger partial charge is 0.481 e. The van der Waals surface area contributed by atoms with E-state index < -0.39 is 11.9 Å². The Morgan fingerprint density at radius 3 is 3.00 bits per heavy atom. The maximum atomic E-state index is 10.7. The van der Waals surface area contributed by atoms with Crippen molar-refractivity contribution in [1.29, 1.82) is 0 Å². The van der Waals surface area contributed by atoms with Crippen molar-refractivity contribution in [3.05, 3.63) is 35.5 Å². The fraction of sp³-hybridized carbons (Fsp3) is 0.250. The number of aliphatic carboxylic acids is 1. The van der Waals surface area contributed by atoms with Crippen molar-refractivity contribution < 1.29 is 9.90 Å². The first-order valence-corrected chi connectivity index (χ1v) is 6.13. The normalized spacial score (nSPS) is 12.3. The van der Waals surface area contributed by atoms with Gasteiger partial charge >= 0.3 is 5.97 Å². The molecule has 5 heteroatoms. The molecule has 1 unspecified atom stereocenters. The molecular formula is C12H12N2O2S. The van der Waals surface area contributed by atoms with Gasteiger partial charge in [-0.2, -0.15) is 0 Å². The Morgan fingerprint density at radius 2 is 2.35 bits per heavy atom. The molecule has 0 amide bonds. The zero-order valence-electron chi connectivity index (χ0n) is 9.33. The molecule has 0 bridgehead atoms. The van der Waals surface area contributed by atoms with Crippen molar-refractivity contribution in [2.24, 2.45) is 5.92 Å². The number of carboxylic acid groups (broad SMARTS) is 1. The van der Waals surface area contributed by atoms with Gasteiger partial charge in [0.1, 0.15) is 5.01 Å². The molecule has 2 aromatic heterocycles. The molecule has 2 heterocycles. The average Bonchev–Trinajstić information content (AvgIpc) is 2.78. The van der Waals surface area contributed by atoms with E-state index in [4.69, 9.17) is 5.11 Å². The number of nitrogens with zero attached hydrogens (tertiary/aromatic N) is 2. The van der Waals surface area contributed by atoms with Crippen molar-refractivity contribution in [3.63, 3.8) is 0 Å². The highest BCUT2D eigenvalue weighted by molar-refractivity contribution is 7.13. The number of carboxylic acids is 1. The van der Waals surface area contributed by atoms with Crippen LogP contribution in [0, 0.1) is 5.92 Å². The molecule has 0 radical (unpaired) electrons. The molecule has 0 aliphatic heterocycles. The van der Waals surface area contributed by atoms with Crippen LogP contribution >= 0.6 is 11.3 Å². The van der Waals surface area contributed by atoms with Gasteiger partial charge in [0.2, 0.25) is 0 Å². The summed E-state index contributed by atoms with van der Waals surface area (Å²) >= 11 is 1.49. The lowest BCUT2D eigenvalue weighted by Gasteiger charge is -2.01. The van der Waals surface area contributed by atoms with E-state index in [0.29, 0.717) is 6.42 Å². The third-order valence-corrected chi connectivity index (χ3v) is 3.29. The summed E-state index contributed by atoms with van der Waals surface area (Å²) in [7, 11) is 0. The van der Waals surface area contributed by atoms with E-state index in [1.54, 1.807) is 13.1 Å². The molecule has 0 saturated carbocycles. The molecule has 0 aliphatic rings. The fourth-order valence-electron chi connectivity index (χ4n) is 1.41. The van der Waals surface area contributed by atoms with Crippen LogP contribution in [-0.2, 0) is 11.2 Å². The summed E-state index contributed by atoms with van der Waals surface area (Å²) in [6.45, 7) is 1.68. The van der Waals surface area contributed by atoms with E-state index in [2.05, 4.69) is 9.97 Å². The molecule has 17 heavy (non-hydrogen) atoms. The van der Waals surface area contributed by atoms with Gasteiger partial charge in [-0.15, -0.1) is 11.3 Å². The molecule has 0 spiro atoms. The minimum Gasteiger partial charge on any atom is -0.481 e. The molecule has 2 aromatic rings. The van der Waals surface area contributed by atoms with Crippen molar-refractivity contribution in [1.82, 2.24) is 9.97 Å². The molecule has 0 aliphatic carbocycles. The molecule has 1 atom stereocenters. The molecule has 88 valence electrons. The highest BCUT2D eigenvalue weighted by atomic mass is 32.1. The van der Waals surface area contributed by atoms with Crippen LogP contribution in [0.4, 0.5) is 0 Å². The van der Waals surface area contributed by atoms with Gasteiger partial charge in [-0.3, -0.25) is 9.78 Å². The molecule has 0 saturated heterocycles. The number of rotatable bonds is 4. The van der Waals surface area contributed by atoms with Crippen LogP contribution in [0.3, 0.4) is 0 Å². The van der Waals surface area contributed by atoms with Crippen molar-refractivity contribution in [2.75, 3.05) is 0 Å². The van der Waals surface area contributed by atoms with E-state index in [9.17, 15) is 4.79 Å². The maximum Gasteiger partial charge on any atom is 0.306 e. The minimum absolute atomic E-state index is 0.409. The van der Waals surface area contributed by atoms with Gasteiger partial charge in [0.05, 0.1) is 17.3 Å². The van der Waals surface area contributed by atoms with Crippen LogP contribution in [0.15, 0.2) is 29.8 Å². The summed E-state index contributed by atoms with van der Waals surface area (Å²) in [5.41, 5.74) is 1.64. The van der Waals surface area contributed by atoms with Crippen LogP contribution in [0.25, 0.3) is 10.7 Å². The number of hydrogen-bond donors (Lipinski definition) is 1. The Balaban J connectivity index is 2.14. The topological polar surface area (TPSA) is 63.1 Å². The van der Waals surface area contributed by atoms with Gasteiger partial charge in [-0.1, -0.05) is 13.0 Å². The van der Waals surface area contributed by atoms with E-state index in [0.717, 1.165) is 16.4 Å². The first-order valence-electron chi connectivity index (χ1n) is 5.25. The predicted octanol–water partition coefficient (Wildman–Crippen LogP) is 2.47. The first kappa shape index (κ1) is 11.7. The standard InChI is InChI=1S/C12H12N2O2S/c1-8(12(15)16)6-9-7-17-11(14-9)10-4-2-3-5-13-10/h2-5,7-8H,6H2,1H3,(H,15,16). The highest BCUT2D eigenvalue weighted by Crippen LogP contribution is 2.22. The second-order valence-electron chi connectivity index (χ2n) is 3.80. The number of pyridine rings is 1. The predicted molar refractivity (Wildman–Crippen MR) is 65.8 cm³/mol. The lowest BCUT2D eigenvalue weighted by Crippen LogP contribution is -2.12. The fourth-order valence-corrected chi connectivity index (χ4v) is 2.22. The van der Waals surface area contributed by atoms with Crippen molar-refractivity contribution in [3.8, 4) is 10.7 Å².